The van der Waals surface area contributed by atoms with Crippen LogP contribution < -0.4 is 4.90 Å². The van der Waals surface area contributed by atoms with Crippen LogP contribution >= 0.6 is 0 Å². The number of benzene rings is 2. The summed E-state index contributed by atoms with van der Waals surface area (Å²) < 4.78 is 17.5. The van der Waals surface area contributed by atoms with Gasteiger partial charge >= 0.3 is 11.9 Å². The molecule has 0 aliphatic carbocycles. The van der Waals surface area contributed by atoms with Gasteiger partial charge in [-0.15, -0.1) is 0 Å². The molecule has 0 spiro atoms. The van der Waals surface area contributed by atoms with Gasteiger partial charge in [-0.3, -0.25) is 9.59 Å². The van der Waals surface area contributed by atoms with E-state index >= 15 is 0 Å². The molecule has 9 heteroatoms. The van der Waals surface area contributed by atoms with E-state index in [9.17, 15) is 19.2 Å². The third-order valence-corrected chi connectivity index (χ3v) is 5.37. The van der Waals surface area contributed by atoms with E-state index in [0.29, 0.717) is 0 Å². The van der Waals surface area contributed by atoms with E-state index in [1.54, 1.807) is 26.0 Å². The van der Waals surface area contributed by atoms with Gasteiger partial charge in [0.1, 0.15) is 18.1 Å². The summed E-state index contributed by atoms with van der Waals surface area (Å²) >= 11 is 0. The van der Waals surface area contributed by atoms with Crippen LogP contribution in [0.4, 0.5) is 5.82 Å². The number of imide groups is 1. The Balaban J connectivity index is 1.81. The monoisotopic (exact) mass is 476 g/mol. The van der Waals surface area contributed by atoms with Gasteiger partial charge in [0.25, 0.3) is 11.8 Å². The zero-order valence-corrected chi connectivity index (χ0v) is 19.4. The summed E-state index contributed by atoms with van der Waals surface area (Å²) in [7, 11) is 0. The molecule has 2 heterocycles. The maximum atomic E-state index is 13.3. The molecule has 0 saturated carbocycles. The predicted octanol–water partition coefficient (Wildman–Crippen LogP) is 3.82. The first-order valence-corrected chi connectivity index (χ1v) is 11.1. The van der Waals surface area contributed by atoms with Crippen molar-refractivity contribution in [2.24, 2.45) is 0 Å². The van der Waals surface area contributed by atoms with Crippen LogP contribution in [-0.4, -0.2) is 41.5 Å². The minimum absolute atomic E-state index is 0.0261. The number of carbonyl (C=O) groups is 4. The van der Waals surface area contributed by atoms with Gasteiger partial charge in [-0.05, 0) is 31.5 Å². The first-order valence-electron chi connectivity index (χ1n) is 11.1. The van der Waals surface area contributed by atoms with E-state index in [1.807, 2.05) is 30.3 Å². The average Bonchev–Trinajstić information content (AvgIpc) is 3.35. The van der Waals surface area contributed by atoms with Crippen LogP contribution in [0.5, 0.6) is 0 Å². The highest BCUT2D eigenvalue weighted by molar-refractivity contribution is 6.35. The van der Waals surface area contributed by atoms with E-state index in [1.165, 1.54) is 22.9 Å². The minimum atomic E-state index is -0.857. The zero-order chi connectivity index (χ0) is 24.9. The van der Waals surface area contributed by atoms with Crippen molar-refractivity contribution < 1.29 is 33.4 Å². The van der Waals surface area contributed by atoms with Crippen molar-refractivity contribution in [2.75, 3.05) is 18.1 Å². The minimum Gasteiger partial charge on any atom is -0.462 e. The van der Waals surface area contributed by atoms with Crippen molar-refractivity contribution in [3.8, 4) is 0 Å². The summed E-state index contributed by atoms with van der Waals surface area (Å²) in [5, 5.41) is 0. The van der Waals surface area contributed by atoms with Gasteiger partial charge in [-0.2, -0.15) is 0 Å². The Hall–Kier alpha value is -4.24. The molecule has 9 nitrogen and oxygen atoms in total. The summed E-state index contributed by atoms with van der Waals surface area (Å²) in [6, 6.07) is 15.7. The molecular weight excluding hydrogens is 452 g/mol. The summed E-state index contributed by atoms with van der Waals surface area (Å²) in [5.74, 6) is -2.98. The molecule has 35 heavy (non-hydrogen) atoms. The second-order valence-electron chi connectivity index (χ2n) is 7.61. The lowest BCUT2D eigenvalue weighted by atomic mass is 10.1. The van der Waals surface area contributed by atoms with Gasteiger partial charge in [-0.25, -0.2) is 14.5 Å². The molecule has 1 aliphatic heterocycles. The van der Waals surface area contributed by atoms with Gasteiger partial charge in [0.15, 0.2) is 0 Å². The van der Waals surface area contributed by atoms with Crippen molar-refractivity contribution in [1.29, 1.82) is 0 Å². The molecule has 0 saturated heterocycles. The van der Waals surface area contributed by atoms with E-state index in [2.05, 4.69) is 0 Å². The van der Waals surface area contributed by atoms with Crippen molar-refractivity contribution in [2.45, 2.75) is 27.2 Å². The zero-order valence-electron chi connectivity index (χ0n) is 19.4. The molecule has 2 amide bonds. The summed E-state index contributed by atoms with van der Waals surface area (Å²) in [6.45, 7) is 3.42. The Morgan fingerprint density at radius 2 is 1.37 bits per heavy atom. The second-order valence-corrected chi connectivity index (χ2v) is 7.61. The fourth-order valence-corrected chi connectivity index (χ4v) is 3.87. The molecule has 1 aromatic heterocycles. The Kier molecular flexibility index (Phi) is 7.07. The molecule has 4 rings (SSSR count). The summed E-state index contributed by atoms with van der Waals surface area (Å²) in [5.41, 5.74) is 0.937. The molecule has 0 bridgehead atoms. The number of carbonyl (C=O) groups excluding carboxylic acids is 4. The smallest absolute Gasteiger partial charge is 0.342 e. The largest absolute Gasteiger partial charge is 0.462 e. The Morgan fingerprint density at radius 1 is 0.800 bits per heavy atom. The van der Waals surface area contributed by atoms with Crippen molar-refractivity contribution >= 4 is 29.6 Å². The van der Waals surface area contributed by atoms with Crippen LogP contribution in [0.1, 0.15) is 60.8 Å². The first-order chi connectivity index (χ1) is 17.0. The number of ether oxygens (including phenoxy) is 3. The van der Waals surface area contributed by atoms with Crippen molar-refractivity contribution in [3.63, 3.8) is 0 Å². The standard InChI is InChI=1S/C26H24N2O7/c1-3-34-25(31)20-14-27(16-33-15-17-10-6-5-7-11-17)22(21(20)26(32)35-4-2)28-23(29)18-12-8-9-13-19(18)24(28)30/h5-14H,3-4,15-16H2,1-2H3. The van der Waals surface area contributed by atoms with Crippen LogP contribution in [0, 0.1) is 0 Å². The molecule has 3 aromatic rings. The van der Waals surface area contributed by atoms with E-state index in [4.69, 9.17) is 14.2 Å². The lowest BCUT2D eigenvalue weighted by Crippen LogP contribution is -2.33. The van der Waals surface area contributed by atoms with Gasteiger partial charge in [0.2, 0.25) is 0 Å². The number of hydrogen-bond acceptors (Lipinski definition) is 7. The number of hydrogen-bond donors (Lipinski definition) is 0. The third kappa shape index (κ3) is 4.58. The highest BCUT2D eigenvalue weighted by atomic mass is 16.5. The normalized spacial score (nSPS) is 12.6. The molecule has 0 radical (unpaired) electrons. The molecule has 0 atom stereocenters. The van der Waals surface area contributed by atoms with Crippen LogP contribution in [-0.2, 0) is 27.5 Å². The number of esters is 2. The molecular formula is C26H24N2O7. The average molecular weight is 476 g/mol. The summed E-state index contributed by atoms with van der Waals surface area (Å²) in [6.07, 6.45) is 1.34. The maximum absolute atomic E-state index is 13.3. The topological polar surface area (TPSA) is 104 Å². The Morgan fingerprint density at radius 3 is 1.97 bits per heavy atom. The lowest BCUT2D eigenvalue weighted by Gasteiger charge is -2.19. The molecule has 1 aliphatic rings. The number of rotatable bonds is 9. The number of amides is 2. The second kappa shape index (κ2) is 10.4. The molecule has 0 fully saturated rings. The van der Waals surface area contributed by atoms with Crippen LogP contribution in [0.3, 0.4) is 0 Å². The summed E-state index contributed by atoms with van der Waals surface area (Å²) in [4.78, 5) is 53.2. The number of fused-ring (bicyclic) bond motifs is 1. The van der Waals surface area contributed by atoms with Gasteiger partial charge < -0.3 is 18.8 Å². The van der Waals surface area contributed by atoms with E-state index < -0.39 is 23.8 Å². The number of aromatic nitrogens is 1. The van der Waals surface area contributed by atoms with Crippen molar-refractivity contribution in [3.05, 3.63) is 88.6 Å². The fraction of sp³-hybridized carbons (Fsp3) is 0.231. The first kappa shape index (κ1) is 23.9. The fourth-order valence-electron chi connectivity index (χ4n) is 3.87. The van der Waals surface area contributed by atoms with Gasteiger partial charge in [-0.1, -0.05) is 42.5 Å². The number of anilines is 1. The SMILES string of the molecule is CCOC(=O)c1cn(COCc2ccccc2)c(N2C(=O)c3ccccc3C2=O)c1C(=O)OCC. The van der Waals surface area contributed by atoms with Crippen molar-refractivity contribution in [1.82, 2.24) is 4.57 Å². The molecule has 2 aromatic carbocycles. The van der Waals surface area contributed by atoms with Crippen LogP contribution in [0.15, 0.2) is 60.8 Å². The Labute approximate surface area is 201 Å². The van der Waals surface area contributed by atoms with E-state index in [0.717, 1.165) is 10.5 Å². The highest BCUT2D eigenvalue weighted by Crippen LogP contribution is 2.35. The molecule has 0 N–H and O–H groups in total. The quantitative estimate of drug-likeness (QED) is 0.342. The Bertz CT molecular complexity index is 1250. The number of nitrogens with zero attached hydrogens (tertiary/aromatic N) is 2. The van der Waals surface area contributed by atoms with Crippen LogP contribution in [0.2, 0.25) is 0 Å². The molecule has 0 unspecified atom stereocenters. The maximum Gasteiger partial charge on any atom is 0.342 e. The van der Waals surface area contributed by atoms with Gasteiger partial charge in [0.05, 0.1) is 36.5 Å². The predicted molar refractivity (Wildman–Crippen MR) is 125 cm³/mol. The molecule has 180 valence electrons. The van der Waals surface area contributed by atoms with E-state index in [-0.39, 0.29) is 54.6 Å². The van der Waals surface area contributed by atoms with Crippen LogP contribution in [0.25, 0.3) is 0 Å². The lowest BCUT2D eigenvalue weighted by molar-refractivity contribution is 0.0480. The van der Waals surface area contributed by atoms with Gasteiger partial charge in [0, 0.05) is 6.20 Å². The highest BCUT2D eigenvalue weighted by Gasteiger charge is 2.42. The third-order valence-electron chi connectivity index (χ3n) is 5.37.